The Hall–Kier alpha value is -1.30. The number of rotatable bonds is 2. The van der Waals surface area contributed by atoms with Crippen LogP contribution in [-0.4, -0.2) is 35.8 Å². The molecule has 1 aliphatic heterocycles. The molecule has 1 amide bonds. The summed E-state index contributed by atoms with van der Waals surface area (Å²) in [6.07, 6.45) is 0.541. The van der Waals surface area contributed by atoms with Gasteiger partial charge in [0, 0.05) is 13.1 Å². The van der Waals surface area contributed by atoms with Gasteiger partial charge in [0.15, 0.2) is 0 Å². The Kier molecular flexibility index (Phi) is 4.52. The molecule has 0 bridgehead atoms. The summed E-state index contributed by atoms with van der Waals surface area (Å²) in [5.41, 5.74) is -0.464. The molecule has 1 atom stereocenters. The number of halogens is 1. The van der Waals surface area contributed by atoms with Gasteiger partial charge in [0.2, 0.25) is 0 Å². The molecule has 0 aliphatic carbocycles. The van der Waals surface area contributed by atoms with Crippen LogP contribution in [0.25, 0.3) is 0 Å². The SMILES string of the molecule is CC(C)(C)OC(=O)N[C@@H]1CCN(c2cccc(Br)n2)C1. The van der Waals surface area contributed by atoms with E-state index in [9.17, 15) is 4.79 Å². The summed E-state index contributed by atoms with van der Waals surface area (Å²) in [5.74, 6) is 0.924. The van der Waals surface area contributed by atoms with Crippen LogP contribution in [0.3, 0.4) is 0 Å². The van der Waals surface area contributed by atoms with Gasteiger partial charge < -0.3 is 15.0 Å². The third-order valence-electron chi connectivity index (χ3n) is 2.93. The minimum absolute atomic E-state index is 0.102. The van der Waals surface area contributed by atoms with Gasteiger partial charge >= 0.3 is 6.09 Å². The van der Waals surface area contributed by atoms with Crippen LogP contribution in [-0.2, 0) is 4.74 Å². The normalized spacial score (nSPS) is 19.0. The monoisotopic (exact) mass is 341 g/mol. The second-order valence-corrected chi connectivity index (χ2v) is 6.71. The first-order valence-electron chi connectivity index (χ1n) is 6.70. The largest absolute Gasteiger partial charge is 0.444 e. The molecular weight excluding hydrogens is 322 g/mol. The van der Waals surface area contributed by atoms with E-state index in [1.54, 1.807) is 0 Å². The van der Waals surface area contributed by atoms with Crippen molar-refractivity contribution in [3.63, 3.8) is 0 Å². The lowest BCUT2D eigenvalue weighted by atomic mass is 10.2. The predicted molar refractivity (Wildman–Crippen MR) is 81.9 cm³/mol. The molecule has 2 rings (SSSR count). The fourth-order valence-electron chi connectivity index (χ4n) is 2.13. The number of nitrogens with one attached hydrogen (secondary N) is 1. The van der Waals surface area contributed by atoms with Gasteiger partial charge in [-0.3, -0.25) is 0 Å². The van der Waals surface area contributed by atoms with E-state index in [-0.39, 0.29) is 12.1 Å². The first-order valence-corrected chi connectivity index (χ1v) is 7.50. The Balaban J connectivity index is 1.88. The number of pyridine rings is 1. The van der Waals surface area contributed by atoms with E-state index in [1.165, 1.54) is 0 Å². The standard InChI is InChI=1S/C14H20BrN3O2/c1-14(2,3)20-13(19)16-10-7-8-18(9-10)12-6-4-5-11(15)17-12/h4-6,10H,7-9H2,1-3H3,(H,16,19)/t10-/m1/s1. The first kappa shape index (κ1) is 15.1. The number of anilines is 1. The summed E-state index contributed by atoms with van der Waals surface area (Å²) >= 11 is 3.37. The van der Waals surface area contributed by atoms with Crippen molar-refractivity contribution < 1.29 is 9.53 Å². The predicted octanol–water partition coefficient (Wildman–Crippen LogP) is 2.95. The van der Waals surface area contributed by atoms with Gasteiger partial charge in [0.1, 0.15) is 16.0 Å². The van der Waals surface area contributed by atoms with Crippen molar-refractivity contribution in [1.82, 2.24) is 10.3 Å². The number of hydrogen-bond acceptors (Lipinski definition) is 4. The lowest BCUT2D eigenvalue weighted by molar-refractivity contribution is 0.0509. The molecule has 110 valence electrons. The third kappa shape index (κ3) is 4.37. The average molecular weight is 342 g/mol. The van der Waals surface area contributed by atoms with E-state index in [0.29, 0.717) is 0 Å². The molecule has 1 aliphatic rings. The molecule has 0 radical (unpaired) electrons. The Bertz CT molecular complexity index is 488. The zero-order valence-electron chi connectivity index (χ0n) is 12.0. The number of carbonyl (C=O) groups is 1. The second-order valence-electron chi connectivity index (χ2n) is 5.90. The van der Waals surface area contributed by atoms with Crippen LogP contribution < -0.4 is 10.2 Å². The van der Waals surface area contributed by atoms with Crippen LogP contribution in [0.15, 0.2) is 22.8 Å². The molecule has 6 heteroatoms. The van der Waals surface area contributed by atoms with E-state index in [1.807, 2.05) is 39.0 Å². The van der Waals surface area contributed by atoms with Gasteiger partial charge in [-0.2, -0.15) is 0 Å². The highest BCUT2D eigenvalue weighted by Crippen LogP contribution is 2.20. The van der Waals surface area contributed by atoms with Gasteiger partial charge in [-0.1, -0.05) is 6.07 Å². The summed E-state index contributed by atoms with van der Waals surface area (Å²) in [5, 5.41) is 2.91. The summed E-state index contributed by atoms with van der Waals surface area (Å²) < 4.78 is 6.09. The fraction of sp³-hybridized carbons (Fsp3) is 0.571. The van der Waals surface area contributed by atoms with Crippen LogP contribution in [0.5, 0.6) is 0 Å². The highest BCUT2D eigenvalue weighted by atomic mass is 79.9. The van der Waals surface area contributed by atoms with Crippen LogP contribution in [0.2, 0.25) is 0 Å². The maximum absolute atomic E-state index is 11.7. The van der Waals surface area contributed by atoms with Crippen molar-refractivity contribution in [3.05, 3.63) is 22.8 Å². The molecule has 0 saturated carbocycles. The fourth-order valence-corrected chi connectivity index (χ4v) is 2.47. The molecule has 20 heavy (non-hydrogen) atoms. The minimum Gasteiger partial charge on any atom is -0.444 e. The summed E-state index contributed by atoms with van der Waals surface area (Å²) in [4.78, 5) is 18.3. The molecule has 1 saturated heterocycles. The minimum atomic E-state index is -0.464. The van der Waals surface area contributed by atoms with Crippen molar-refractivity contribution in [3.8, 4) is 0 Å². The maximum Gasteiger partial charge on any atom is 0.407 e. The van der Waals surface area contributed by atoms with E-state index in [4.69, 9.17) is 4.74 Å². The number of carbonyl (C=O) groups excluding carboxylic acids is 1. The Labute approximate surface area is 127 Å². The number of aromatic nitrogens is 1. The molecule has 0 aromatic carbocycles. The van der Waals surface area contributed by atoms with E-state index >= 15 is 0 Å². The van der Waals surface area contributed by atoms with Crippen LogP contribution in [0.1, 0.15) is 27.2 Å². The zero-order chi connectivity index (χ0) is 14.8. The molecule has 1 aromatic heterocycles. The van der Waals surface area contributed by atoms with Crippen molar-refractivity contribution >= 4 is 27.8 Å². The lowest BCUT2D eigenvalue weighted by Crippen LogP contribution is -2.40. The Morgan fingerprint density at radius 1 is 1.50 bits per heavy atom. The molecule has 1 fully saturated rings. The number of hydrogen-bond donors (Lipinski definition) is 1. The highest BCUT2D eigenvalue weighted by Gasteiger charge is 2.26. The summed E-state index contributed by atoms with van der Waals surface area (Å²) in [6.45, 7) is 7.21. The summed E-state index contributed by atoms with van der Waals surface area (Å²) in [7, 11) is 0. The molecule has 5 nitrogen and oxygen atoms in total. The van der Waals surface area contributed by atoms with E-state index < -0.39 is 5.60 Å². The van der Waals surface area contributed by atoms with Crippen molar-refractivity contribution in [2.45, 2.75) is 38.8 Å². The quantitative estimate of drug-likeness (QED) is 0.840. The van der Waals surface area contributed by atoms with Crippen LogP contribution in [0.4, 0.5) is 10.6 Å². The van der Waals surface area contributed by atoms with Crippen molar-refractivity contribution in [1.29, 1.82) is 0 Å². The zero-order valence-corrected chi connectivity index (χ0v) is 13.6. The van der Waals surface area contributed by atoms with Gasteiger partial charge in [0.25, 0.3) is 0 Å². The Morgan fingerprint density at radius 2 is 2.25 bits per heavy atom. The first-order chi connectivity index (χ1) is 9.33. The molecule has 0 unspecified atom stereocenters. The maximum atomic E-state index is 11.7. The third-order valence-corrected chi connectivity index (χ3v) is 3.38. The summed E-state index contributed by atoms with van der Waals surface area (Å²) in [6, 6.07) is 5.93. The average Bonchev–Trinajstić information content (AvgIpc) is 2.74. The smallest absolute Gasteiger partial charge is 0.407 e. The molecule has 0 spiro atoms. The number of ether oxygens (including phenoxy) is 1. The lowest BCUT2D eigenvalue weighted by Gasteiger charge is -2.22. The number of nitrogens with zero attached hydrogens (tertiary/aromatic N) is 2. The van der Waals surface area contributed by atoms with Gasteiger partial charge in [-0.15, -0.1) is 0 Å². The van der Waals surface area contributed by atoms with E-state index in [2.05, 4.69) is 31.1 Å². The number of amides is 1. The highest BCUT2D eigenvalue weighted by molar-refractivity contribution is 9.10. The second kappa shape index (κ2) is 5.99. The molecular formula is C14H20BrN3O2. The molecule has 1 N–H and O–H groups in total. The van der Waals surface area contributed by atoms with Gasteiger partial charge in [-0.25, -0.2) is 9.78 Å². The van der Waals surface area contributed by atoms with Gasteiger partial charge in [-0.05, 0) is 55.3 Å². The van der Waals surface area contributed by atoms with Crippen LogP contribution >= 0.6 is 15.9 Å². The molecule has 1 aromatic rings. The van der Waals surface area contributed by atoms with Crippen LogP contribution in [0, 0.1) is 0 Å². The van der Waals surface area contributed by atoms with E-state index in [0.717, 1.165) is 29.9 Å². The number of alkyl carbamates (subject to hydrolysis) is 1. The van der Waals surface area contributed by atoms with Gasteiger partial charge in [0.05, 0.1) is 6.04 Å². The Morgan fingerprint density at radius 3 is 2.90 bits per heavy atom. The molecule has 2 heterocycles. The van der Waals surface area contributed by atoms with Crippen molar-refractivity contribution in [2.75, 3.05) is 18.0 Å². The van der Waals surface area contributed by atoms with Crippen molar-refractivity contribution in [2.24, 2.45) is 0 Å². The topological polar surface area (TPSA) is 54.5 Å².